The predicted molar refractivity (Wildman–Crippen MR) is 119 cm³/mol. The van der Waals surface area contributed by atoms with Gasteiger partial charge in [-0.05, 0) is 35.9 Å². The molecule has 5 heteroatoms. The molecule has 0 aliphatic rings. The summed E-state index contributed by atoms with van der Waals surface area (Å²) in [5.74, 6) is 0.779. The van der Waals surface area contributed by atoms with Crippen molar-refractivity contribution < 1.29 is 13.9 Å². The molecule has 1 aromatic heterocycles. The third kappa shape index (κ3) is 4.30. The van der Waals surface area contributed by atoms with E-state index < -0.39 is 0 Å². The number of hydrogen-bond donors (Lipinski definition) is 1. The Balaban J connectivity index is 1.52. The van der Waals surface area contributed by atoms with E-state index in [-0.39, 0.29) is 18.3 Å². The van der Waals surface area contributed by atoms with E-state index in [1.807, 2.05) is 97.9 Å². The molecule has 0 unspecified atom stereocenters. The summed E-state index contributed by atoms with van der Waals surface area (Å²) in [7, 11) is 3.99. The SMILES string of the molecule is CN(C)c1ccc(CNC(=O)c2oc3ccccc3c2COc2ccccc2)cc1. The molecule has 30 heavy (non-hydrogen) atoms. The molecule has 5 nitrogen and oxygen atoms in total. The fourth-order valence-electron chi connectivity index (χ4n) is 3.27. The zero-order valence-corrected chi connectivity index (χ0v) is 17.1. The Hall–Kier alpha value is -3.73. The summed E-state index contributed by atoms with van der Waals surface area (Å²) in [5.41, 5.74) is 3.55. The summed E-state index contributed by atoms with van der Waals surface area (Å²) in [6, 6.07) is 25.2. The number of ether oxygens (including phenoxy) is 1. The van der Waals surface area contributed by atoms with Crippen LogP contribution >= 0.6 is 0 Å². The van der Waals surface area contributed by atoms with Gasteiger partial charge in [0.1, 0.15) is 17.9 Å². The van der Waals surface area contributed by atoms with Crippen molar-refractivity contribution >= 4 is 22.6 Å². The van der Waals surface area contributed by atoms with Crippen LogP contribution in [0.4, 0.5) is 5.69 Å². The smallest absolute Gasteiger partial charge is 0.287 e. The second-order valence-electron chi connectivity index (χ2n) is 7.25. The lowest BCUT2D eigenvalue weighted by Gasteiger charge is -2.13. The van der Waals surface area contributed by atoms with Gasteiger partial charge in [0.2, 0.25) is 0 Å². The second-order valence-corrected chi connectivity index (χ2v) is 7.25. The molecule has 0 bridgehead atoms. The Bertz CT molecular complexity index is 1130. The van der Waals surface area contributed by atoms with E-state index in [1.165, 1.54) is 0 Å². The topological polar surface area (TPSA) is 54.7 Å². The molecule has 152 valence electrons. The minimum atomic E-state index is -0.255. The van der Waals surface area contributed by atoms with Crippen LogP contribution in [0.2, 0.25) is 0 Å². The highest BCUT2D eigenvalue weighted by atomic mass is 16.5. The van der Waals surface area contributed by atoms with Gasteiger partial charge in [0.15, 0.2) is 5.76 Å². The van der Waals surface area contributed by atoms with Crippen LogP contribution in [0.15, 0.2) is 83.3 Å². The number of carbonyl (C=O) groups excluding carboxylic acids is 1. The molecule has 0 radical (unpaired) electrons. The highest BCUT2D eigenvalue weighted by Gasteiger charge is 2.21. The van der Waals surface area contributed by atoms with Gasteiger partial charge in [-0.25, -0.2) is 0 Å². The summed E-state index contributed by atoms with van der Waals surface area (Å²) in [6.07, 6.45) is 0. The van der Waals surface area contributed by atoms with Gasteiger partial charge >= 0.3 is 0 Å². The molecule has 0 saturated heterocycles. The highest BCUT2D eigenvalue weighted by molar-refractivity contribution is 5.99. The van der Waals surface area contributed by atoms with E-state index in [9.17, 15) is 4.79 Å². The van der Waals surface area contributed by atoms with Crippen LogP contribution in [0.1, 0.15) is 21.7 Å². The van der Waals surface area contributed by atoms with Crippen LogP contribution in [-0.2, 0) is 13.2 Å². The maximum atomic E-state index is 12.9. The van der Waals surface area contributed by atoms with Crippen LogP contribution in [0.3, 0.4) is 0 Å². The Morgan fingerprint density at radius 1 is 0.933 bits per heavy atom. The molecule has 0 aliphatic heterocycles. The molecule has 1 heterocycles. The fraction of sp³-hybridized carbons (Fsp3) is 0.160. The molecule has 1 amide bonds. The average Bonchev–Trinajstić information content (AvgIpc) is 3.16. The predicted octanol–water partition coefficient (Wildman–Crippen LogP) is 5.01. The maximum Gasteiger partial charge on any atom is 0.287 e. The number of benzene rings is 3. The molecule has 0 atom stereocenters. The van der Waals surface area contributed by atoms with Crippen molar-refractivity contribution in [2.45, 2.75) is 13.2 Å². The summed E-state index contributed by atoms with van der Waals surface area (Å²) in [4.78, 5) is 15.0. The van der Waals surface area contributed by atoms with Crippen LogP contribution in [0.25, 0.3) is 11.0 Å². The van der Waals surface area contributed by atoms with E-state index in [4.69, 9.17) is 9.15 Å². The molecule has 0 saturated carbocycles. The number of nitrogens with one attached hydrogen (secondary N) is 1. The Kier molecular flexibility index (Phi) is 5.70. The number of rotatable bonds is 7. The van der Waals surface area contributed by atoms with E-state index in [2.05, 4.69) is 5.32 Å². The van der Waals surface area contributed by atoms with Crippen molar-refractivity contribution in [3.63, 3.8) is 0 Å². The number of para-hydroxylation sites is 2. The molecule has 0 fully saturated rings. The summed E-state index contributed by atoms with van der Waals surface area (Å²) >= 11 is 0. The van der Waals surface area contributed by atoms with Crippen molar-refractivity contribution in [1.82, 2.24) is 5.32 Å². The molecular weight excluding hydrogens is 376 g/mol. The summed E-state index contributed by atoms with van der Waals surface area (Å²) in [5, 5.41) is 3.84. The van der Waals surface area contributed by atoms with Gasteiger partial charge in [0.25, 0.3) is 5.91 Å². The summed E-state index contributed by atoms with van der Waals surface area (Å²) in [6.45, 7) is 0.671. The highest BCUT2D eigenvalue weighted by Crippen LogP contribution is 2.27. The first-order valence-electron chi connectivity index (χ1n) is 9.84. The Morgan fingerprint density at radius 2 is 1.63 bits per heavy atom. The Labute approximate surface area is 175 Å². The lowest BCUT2D eigenvalue weighted by molar-refractivity contribution is 0.0922. The zero-order valence-electron chi connectivity index (χ0n) is 17.1. The van der Waals surface area contributed by atoms with Gasteiger partial charge < -0.3 is 19.4 Å². The van der Waals surface area contributed by atoms with Crippen LogP contribution in [0, 0.1) is 0 Å². The number of hydrogen-bond acceptors (Lipinski definition) is 4. The fourth-order valence-corrected chi connectivity index (χ4v) is 3.27. The van der Waals surface area contributed by atoms with Crippen molar-refractivity contribution in [3.05, 3.63) is 95.7 Å². The van der Waals surface area contributed by atoms with Crippen molar-refractivity contribution in [1.29, 1.82) is 0 Å². The van der Waals surface area contributed by atoms with Gasteiger partial charge in [0, 0.05) is 37.3 Å². The molecule has 1 N–H and O–H groups in total. The van der Waals surface area contributed by atoms with Crippen LogP contribution < -0.4 is 15.0 Å². The molecule has 4 rings (SSSR count). The van der Waals surface area contributed by atoms with Crippen molar-refractivity contribution in [3.8, 4) is 5.75 Å². The van der Waals surface area contributed by atoms with Crippen LogP contribution in [-0.4, -0.2) is 20.0 Å². The minimum absolute atomic E-state index is 0.251. The molecule has 3 aromatic carbocycles. The monoisotopic (exact) mass is 400 g/mol. The first-order valence-corrected chi connectivity index (χ1v) is 9.84. The summed E-state index contributed by atoms with van der Waals surface area (Å²) < 4.78 is 11.8. The third-order valence-corrected chi connectivity index (χ3v) is 4.94. The van der Waals surface area contributed by atoms with Gasteiger partial charge in [0.05, 0.1) is 0 Å². The second kappa shape index (κ2) is 8.74. The van der Waals surface area contributed by atoms with Crippen molar-refractivity contribution in [2.24, 2.45) is 0 Å². The van der Waals surface area contributed by atoms with E-state index >= 15 is 0 Å². The van der Waals surface area contributed by atoms with E-state index in [0.29, 0.717) is 12.1 Å². The van der Waals surface area contributed by atoms with Gasteiger partial charge in [-0.3, -0.25) is 4.79 Å². The molecule has 0 aliphatic carbocycles. The number of amides is 1. The minimum Gasteiger partial charge on any atom is -0.489 e. The van der Waals surface area contributed by atoms with Crippen molar-refractivity contribution in [2.75, 3.05) is 19.0 Å². The van der Waals surface area contributed by atoms with Gasteiger partial charge in [-0.15, -0.1) is 0 Å². The zero-order chi connectivity index (χ0) is 20.9. The molecular formula is C25H24N2O3. The number of anilines is 1. The standard InChI is InChI=1S/C25H24N2O3/c1-27(2)19-14-12-18(13-15-19)16-26-25(28)24-22(17-29-20-8-4-3-5-9-20)21-10-6-7-11-23(21)30-24/h3-15H,16-17H2,1-2H3,(H,26,28). The maximum absolute atomic E-state index is 12.9. The average molecular weight is 400 g/mol. The number of nitrogens with zero attached hydrogens (tertiary/aromatic N) is 1. The quantitative estimate of drug-likeness (QED) is 0.474. The number of furan rings is 1. The molecule has 4 aromatic rings. The normalized spacial score (nSPS) is 10.7. The number of fused-ring (bicyclic) bond motifs is 1. The Morgan fingerprint density at radius 3 is 2.37 bits per heavy atom. The lowest BCUT2D eigenvalue weighted by Crippen LogP contribution is -2.23. The number of carbonyl (C=O) groups is 1. The van der Waals surface area contributed by atoms with Crippen LogP contribution in [0.5, 0.6) is 5.75 Å². The first-order chi connectivity index (χ1) is 14.6. The van der Waals surface area contributed by atoms with Gasteiger partial charge in [-0.1, -0.05) is 48.5 Å². The first kappa shape index (κ1) is 19.6. The lowest BCUT2D eigenvalue weighted by atomic mass is 10.1. The third-order valence-electron chi connectivity index (χ3n) is 4.94. The van der Waals surface area contributed by atoms with E-state index in [1.54, 1.807) is 0 Å². The van der Waals surface area contributed by atoms with Gasteiger partial charge in [-0.2, -0.15) is 0 Å². The molecule has 0 spiro atoms. The van der Waals surface area contributed by atoms with E-state index in [0.717, 1.165) is 28.0 Å². The largest absolute Gasteiger partial charge is 0.489 e.